The Balaban J connectivity index is 2.45. The fraction of sp³-hybridized carbons (Fsp3) is 0.231. The van der Waals surface area contributed by atoms with Crippen LogP contribution in [0.1, 0.15) is 23.4 Å². The van der Waals surface area contributed by atoms with E-state index < -0.39 is 0 Å². The number of hydrogen-bond acceptors (Lipinski definition) is 2. The molecule has 0 saturated carbocycles. The van der Waals surface area contributed by atoms with E-state index in [9.17, 15) is 4.39 Å². The van der Waals surface area contributed by atoms with Gasteiger partial charge in [0.05, 0.1) is 11.1 Å². The highest BCUT2D eigenvalue weighted by atomic mass is 79.9. The lowest BCUT2D eigenvalue weighted by molar-refractivity contribution is 0.562. The summed E-state index contributed by atoms with van der Waals surface area (Å²) in [5, 5.41) is 5.86. The lowest BCUT2D eigenvalue weighted by atomic mass is 10.0. The highest BCUT2D eigenvalue weighted by Gasteiger charge is 2.20. The minimum Gasteiger partial charge on any atom is -0.306 e. The first-order valence-electron chi connectivity index (χ1n) is 5.54. The van der Waals surface area contributed by atoms with Gasteiger partial charge in [0.2, 0.25) is 0 Å². The van der Waals surface area contributed by atoms with E-state index in [1.54, 1.807) is 6.07 Å². The van der Waals surface area contributed by atoms with Gasteiger partial charge in [0.15, 0.2) is 0 Å². The standard InChI is InChI=1S/C13H12BrClFNS/c1-2-17-12(13-10(15)5-6-18-13)9-4-3-8(14)7-11(9)16/h3-7,12,17H,2H2,1H3. The third kappa shape index (κ3) is 2.94. The van der Waals surface area contributed by atoms with Gasteiger partial charge in [-0.1, -0.05) is 40.5 Å². The first-order valence-corrected chi connectivity index (χ1v) is 7.59. The molecule has 2 rings (SSSR count). The van der Waals surface area contributed by atoms with Crippen molar-refractivity contribution in [1.29, 1.82) is 0 Å². The van der Waals surface area contributed by atoms with Crippen LogP contribution in [-0.4, -0.2) is 6.54 Å². The van der Waals surface area contributed by atoms with Gasteiger partial charge in [0.1, 0.15) is 5.82 Å². The molecule has 0 amide bonds. The Morgan fingerprint density at radius 1 is 1.44 bits per heavy atom. The van der Waals surface area contributed by atoms with E-state index in [0.29, 0.717) is 10.6 Å². The topological polar surface area (TPSA) is 12.0 Å². The quantitative estimate of drug-likeness (QED) is 0.819. The molecular weight excluding hydrogens is 337 g/mol. The van der Waals surface area contributed by atoms with Crippen molar-refractivity contribution >= 4 is 38.9 Å². The van der Waals surface area contributed by atoms with Gasteiger partial charge in [-0.25, -0.2) is 4.39 Å². The molecule has 1 unspecified atom stereocenters. The van der Waals surface area contributed by atoms with Crippen LogP contribution in [0, 0.1) is 5.82 Å². The molecule has 1 N–H and O–H groups in total. The molecule has 2 aromatic rings. The van der Waals surface area contributed by atoms with Gasteiger partial charge in [0, 0.05) is 14.9 Å². The lowest BCUT2D eigenvalue weighted by Crippen LogP contribution is -2.22. The second-order valence-corrected chi connectivity index (χ2v) is 6.06. The summed E-state index contributed by atoms with van der Waals surface area (Å²) >= 11 is 10.9. The average molecular weight is 349 g/mol. The average Bonchev–Trinajstić information content (AvgIpc) is 2.73. The van der Waals surface area contributed by atoms with Gasteiger partial charge < -0.3 is 5.32 Å². The van der Waals surface area contributed by atoms with Crippen molar-refractivity contribution in [3.63, 3.8) is 0 Å². The minimum atomic E-state index is -0.236. The Bertz CT molecular complexity index is 544. The molecule has 0 saturated heterocycles. The van der Waals surface area contributed by atoms with Crippen LogP contribution in [0.2, 0.25) is 5.02 Å². The molecule has 1 nitrogen and oxygen atoms in total. The van der Waals surface area contributed by atoms with Crippen LogP contribution in [0.5, 0.6) is 0 Å². The van der Waals surface area contributed by atoms with E-state index in [2.05, 4.69) is 21.2 Å². The maximum absolute atomic E-state index is 14.0. The van der Waals surface area contributed by atoms with Gasteiger partial charge >= 0.3 is 0 Å². The van der Waals surface area contributed by atoms with Crippen LogP contribution >= 0.6 is 38.9 Å². The van der Waals surface area contributed by atoms with E-state index in [1.165, 1.54) is 17.4 Å². The smallest absolute Gasteiger partial charge is 0.129 e. The van der Waals surface area contributed by atoms with Gasteiger partial charge in [-0.2, -0.15) is 0 Å². The maximum atomic E-state index is 14.0. The second-order valence-electron chi connectivity index (χ2n) is 3.79. The molecule has 0 aliphatic rings. The van der Waals surface area contributed by atoms with Crippen LogP contribution in [-0.2, 0) is 0 Å². The minimum absolute atomic E-state index is 0.199. The molecule has 0 fully saturated rings. The molecule has 96 valence electrons. The molecule has 5 heteroatoms. The van der Waals surface area contributed by atoms with Crippen LogP contribution in [0.25, 0.3) is 0 Å². The first-order chi connectivity index (χ1) is 8.63. The lowest BCUT2D eigenvalue weighted by Gasteiger charge is -2.18. The van der Waals surface area contributed by atoms with Crippen molar-refractivity contribution in [2.75, 3.05) is 6.54 Å². The van der Waals surface area contributed by atoms with Crippen molar-refractivity contribution in [2.24, 2.45) is 0 Å². The predicted molar refractivity (Wildman–Crippen MR) is 78.9 cm³/mol. The molecule has 0 spiro atoms. The Morgan fingerprint density at radius 3 is 2.78 bits per heavy atom. The second kappa shape index (κ2) is 6.15. The van der Waals surface area contributed by atoms with E-state index in [-0.39, 0.29) is 11.9 Å². The third-order valence-electron chi connectivity index (χ3n) is 2.59. The van der Waals surface area contributed by atoms with E-state index in [1.807, 2.05) is 24.4 Å². The first kappa shape index (κ1) is 14.0. The summed E-state index contributed by atoms with van der Waals surface area (Å²) in [7, 11) is 0. The number of halogens is 3. The van der Waals surface area contributed by atoms with Gasteiger partial charge in [0.25, 0.3) is 0 Å². The molecule has 1 heterocycles. The molecule has 0 aliphatic heterocycles. The largest absolute Gasteiger partial charge is 0.306 e. The van der Waals surface area contributed by atoms with Crippen LogP contribution in [0.3, 0.4) is 0 Å². The number of benzene rings is 1. The maximum Gasteiger partial charge on any atom is 0.129 e. The van der Waals surface area contributed by atoms with Crippen molar-refractivity contribution < 1.29 is 4.39 Å². The monoisotopic (exact) mass is 347 g/mol. The fourth-order valence-corrected chi connectivity index (χ4v) is 3.39. The van der Waals surface area contributed by atoms with Gasteiger partial charge in [-0.05, 0) is 30.1 Å². The molecule has 18 heavy (non-hydrogen) atoms. The van der Waals surface area contributed by atoms with E-state index in [0.717, 1.165) is 15.9 Å². The zero-order valence-corrected chi connectivity index (χ0v) is 12.9. The molecule has 0 radical (unpaired) electrons. The fourth-order valence-electron chi connectivity index (χ4n) is 1.80. The Morgan fingerprint density at radius 2 is 2.22 bits per heavy atom. The Kier molecular flexibility index (Phi) is 4.78. The summed E-state index contributed by atoms with van der Waals surface area (Å²) in [6.45, 7) is 2.74. The highest BCUT2D eigenvalue weighted by molar-refractivity contribution is 9.10. The van der Waals surface area contributed by atoms with Gasteiger partial charge in [-0.15, -0.1) is 11.3 Å². The zero-order valence-electron chi connectivity index (χ0n) is 9.71. The molecular formula is C13H12BrClFNS. The van der Waals surface area contributed by atoms with E-state index in [4.69, 9.17) is 11.6 Å². The summed E-state index contributed by atoms with van der Waals surface area (Å²) < 4.78 is 14.8. The number of nitrogens with one attached hydrogen (secondary N) is 1. The molecule has 0 aliphatic carbocycles. The molecule has 0 bridgehead atoms. The molecule has 1 aromatic carbocycles. The van der Waals surface area contributed by atoms with Crippen LogP contribution < -0.4 is 5.32 Å². The summed E-state index contributed by atoms with van der Waals surface area (Å²) in [6, 6.07) is 6.73. The molecule has 1 aromatic heterocycles. The van der Waals surface area contributed by atoms with Crippen molar-refractivity contribution in [2.45, 2.75) is 13.0 Å². The summed E-state index contributed by atoms with van der Waals surface area (Å²) in [6.07, 6.45) is 0. The molecule has 1 atom stereocenters. The van der Waals surface area contributed by atoms with Crippen molar-refractivity contribution in [3.8, 4) is 0 Å². The number of rotatable bonds is 4. The van der Waals surface area contributed by atoms with E-state index >= 15 is 0 Å². The summed E-state index contributed by atoms with van der Waals surface area (Å²) in [5.74, 6) is -0.236. The Hall–Kier alpha value is -0.420. The highest BCUT2D eigenvalue weighted by Crippen LogP contribution is 2.34. The third-order valence-corrected chi connectivity index (χ3v) is 4.51. The number of hydrogen-bond donors (Lipinski definition) is 1. The number of thiophene rings is 1. The summed E-state index contributed by atoms with van der Waals surface area (Å²) in [5.41, 5.74) is 0.615. The zero-order chi connectivity index (χ0) is 13.1. The van der Waals surface area contributed by atoms with Gasteiger partial charge in [-0.3, -0.25) is 0 Å². The van der Waals surface area contributed by atoms with Crippen LogP contribution in [0.4, 0.5) is 4.39 Å². The van der Waals surface area contributed by atoms with Crippen molar-refractivity contribution in [3.05, 3.63) is 55.4 Å². The predicted octanol–water partition coefficient (Wildman–Crippen LogP) is 5.00. The Labute approximate surface area is 123 Å². The SMILES string of the molecule is CCNC(c1ccc(Br)cc1F)c1sccc1Cl. The van der Waals surface area contributed by atoms with Crippen LogP contribution in [0.15, 0.2) is 34.1 Å². The summed E-state index contributed by atoms with van der Waals surface area (Å²) in [4.78, 5) is 0.944. The normalized spacial score (nSPS) is 12.7. The van der Waals surface area contributed by atoms with Crippen molar-refractivity contribution in [1.82, 2.24) is 5.32 Å².